The Labute approximate surface area is 223 Å². The second kappa shape index (κ2) is 12.3. The van der Waals surface area contributed by atoms with Gasteiger partial charge in [0.25, 0.3) is 5.91 Å². The van der Waals surface area contributed by atoms with Crippen molar-refractivity contribution in [3.05, 3.63) is 77.3 Å². The number of carbonyl (C=O) groups is 1. The van der Waals surface area contributed by atoms with Gasteiger partial charge in [-0.15, -0.1) is 10.2 Å². The third-order valence-electron chi connectivity index (χ3n) is 5.12. The van der Waals surface area contributed by atoms with Gasteiger partial charge in [0.15, 0.2) is 22.5 Å². The van der Waals surface area contributed by atoms with E-state index in [9.17, 15) is 9.90 Å². The van der Waals surface area contributed by atoms with Crippen LogP contribution >= 0.6 is 23.4 Å². The molecule has 9 nitrogen and oxygen atoms in total. The molecule has 0 unspecified atom stereocenters. The molecule has 3 aromatic carbocycles. The van der Waals surface area contributed by atoms with E-state index in [1.54, 1.807) is 37.4 Å². The third-order valence-corrected chi connectivity index (χ3v) is 6.30. The number of amides is 1. The topological polar surface area (TPSA) is 111 Å². The molecule has 0 aliphatic heterocycles. The number of rotatable bonds is 10. The molecule has 0 radical (unpaired) electrons. The smallest absolute Gasteiger partial charge is 0.250 e. The molecule has 0 aliphatic carbocycles. The van der Waals surface area contributed by atoms with Crippen molar-refractivity contribution in [1.29, 1.82) is 0 Å². The highest BCUT2D eigenvalue weighted by atomic mass is 35.5. The summed E-state index contributed by atoms with van der Waals surface area (Å²) in [4.78, 5) is 12.5. The molecule has 11 heteroatoms. The lowest BCUT2D eigenvalue weighted by Gasteiger charge is -2.11. The number of carbonyl (C=O) groups excluding carboxylic acids is 1. The highest BCUT2D eigenvalue weighted by Gasteiger charge is 2.17. The lowest BCUT2D eigenvalue weighted by molar-refractivity contribution is -0.118. The Balaban J connectivity index is 1.49. The lowest BCUT2D eigenvalue weighted by atomic mass is 10.2. The van der Waals surface area contributed by atoms with E-state index in [0.29, 0.717) is 33.9 Å². The maximum atomic E-state index is 12.5. The van der Waals surface area contributed by atoms with Crippen LogP contribution in [0, 0.1) is 0 Å². The van der Waals surface area contributed by atoms with Crippen molar-refractivity contribution in [2.24, 2.45) is 5.10 Å². The van der Waals surface area contributed by atoms with Crippen LogP contribution in [0.3, 0.4) is 0 Å². The Bertz CT molecular complexity index is 1390. The molecule has 2 N–H and O–H groups in total. The van der Waals surface area contributed by atoms with Gasteiger partial charge in [-0.1, -0.05) is 29.4 Å². The summed E-state index contributed by atoms with van der Waals surface area (Å²) in [5.74, 6) is 1.33. The minimum Gasteiger partial charge on any atom is -0.504 e. The van der Waals surface area contributed by atoms with Crippen molar-refractivity contribution in [2.45, 2.75) is 12.1 Å². The number of hydrazone groups is 1. The van der Waals surface area contributed by atoms with Crippen LogP contribution in [0.15, 0.2) is 77.0 Å². The van der Waals surface area contributed by atoms with Crippen LogP contribution in [-0.4, -0.2) is 51.5 Å². The molecule has 37 heavy (non-hydrogen) atoms. The van der Waals surface area contributed by atoms with Gasteiger partial charge in [0.2, 0.25) is 0 Å². The predicted octanol–water partition coefficient (Wildman–Crippen LogP) is 4.94. The van der Waals surface area contributed by atoms with Crippen LogP contribution in [0.4, 0.5) is 0 Å². The highest BCUT2D eigenvalue weighted by Crippen LogP contribution is 2.30. The summed E-state index contributed by atoms with van der Waals surface area (Å²) >= 11 is 7.30. The van der Waals surface area contributed by atoms with Crippen LogP contribution in [0.2, 0.25) is 5.02 Å². The van der Waals surface area contributed by atoms with Gasteiger partial charge >= 0.3 is 0 Å². The van der Waals surface area contributed by atoms with Crippen LogP contribution in [0.25, 0.3) is 17.1 Å². The first-order chi connectivity index (χ1) is 18.0. The minimum atomic E-state index is -0.349. The molecule has 4 aromatic rings. The maximum absolute atomic E-state index is 12.5. The maximum Gasteiger partial charge on any atom is 0.250 e. The van der Waals surface area contributed by atoms with Gasteiger partial charge in [-0.05, 0) is 67.6 Å². The van der Waals surface area contributed by atoms with Crippen LogP contribution in [0.1, 0.15) is 12.5 Å². The first-order valence-electron chi connectivity index (χ1n) is 11.3. The molecule has 4 rings (SSSR count). The number of ether oxygens (including phenoxy) is 2. The van der Waals surface area contributed by atoms with E-state index < -0.39 is 0 Å². The number of phenols is 1. The fourth-order valence-electron chi connectivity index (χ4n) is 3.37. The number of hydrogen-bond donors (Lipinski definition) is 2. The Morgan fingerprint density at radius 2 is 1.89 bits per heavy atom. The van der Waals surface area contributed by atoms with Gasteiger partial charge in [-0.3, -0.25) is 9.36 Å². The van der Waals surface area contributed by atoms with E-state index in [1.165, 1.54) is 18.0 Å². The van der Waals surface area contributed by atoms with Crippen molar-refractivity contribution in [3.63, 3.8) is 0 Å². The first-order valence-corrected chi connectivity index (χ1v) is 12.6. The van der Waals surface area contributed by atoms with Gasteiger partial charge < -0.3 is 14.6 Å². The van der Waals surface area contributed by atoms with Gasteiger partial charge in [-0.2, -0.15) is 5.10 Å². The Morgan fingerprint density at radius 3 is 2.59 bits per heavy atom. The zero-order chi connectivity index (χ0) is 26.2. The van der Waals surface area contributed by atoms with Gasteiger partial charge in [0, 0.05) is 21.8 Å². The Kier molecular flexibility index (Phi) is 8.65. The summed E-state index contributed by atoms with van der Waals surface area (Å²) < 4.78 is 12.5. The Hall–Kier alpha value is -4.02. The molecule has 0 saturated heterocycles. The molecule has 0 saturated carbocycles. The number of nitrogens with one attached hydrogen (secondary N) is 1. The number of para-hydroxylation sites is 1. The molecule has 190 valence electrons. The standard InChI is InChI=1S/C26H24ClN5O4S/c1-3-36-22-6-4-5-18(24(22)34)15-28-29-23(33)16-37-26-31-30-25(17-7-13-21(35-2)14-8-17)32(26)20-11-9-19(27)10-12-20/h4-15,34H,3,16H2,1-2H3,(H,29,33). The molecule has 0 spiro atoms. The number of aromatic hydroxyl groups is 1. The number of methoxy groups -OCH3 is 1. The van der Waals surface area contributed by atoms with E-state index in [1.807, 2.05) is 47.9 Å². The zero-order valence-electron chi connectivity index (χ0n) is 20.1. The molecule has 0 fully saturated rings. The third kappa shape index (κ3) is 6.41. The monoisotopic (exact) mass is 537 g/mol. The van der Waals surface area contributed by atoms with Crippen LogP contribution in [0.5, 0.6) is 17.2 Å². The molecule has 1 amide bonds. The van der Waals surface area contributed by atoms with E-state index in [2.05, 4.69) is 20.7 Å². The van der Waals surface area contributed by atoms with E-state index in [0.717, 1.165) is 17.0 Å². The highest BCUT2D eigenvalue weighted by molar-refractivity contribution is 7.99. The molecule has 0 atom stereocenters. The molecule has 1 aromatic heterocycles. The number of phenolic OH excluding ortho intramolecular Hbond substituents is 1. The fraction of sp³-hybridized carbons (Fsp3) is 0.154. The van der Waals surface area contributed by atoms with Crippen molar-refractivity contribution >= 4 is 35.5 Å². The van der Waals surface area contributed by atoms with Gasteiger partial charge in [0.1, 0.15) is 5.75 Å². The second-order valence-electron chi connectivity index (χ2n) is 7.56. The number of thioether (sulfide) groups is 1. The molecular weight excluding hydrogens is 514 g/mol. The Morgan fingerprint density at radius 1 is 1.14 bits per heavy atom. The van der Waals surface area contributed by atoms with Crippen molar-refractivity contribution < 1.29 is 19.4 Å². The van der Waals surface area contributed by atoms with Gasteiger partial charge in [-0.25, -0.2) is 5.43 Å². The second-order valence-corrected chi connectivity index (χ2v) is 8.93. The van der Waals surface area contributed by atoms with Crippen molar-refractivity contribution in [3.8, 4) is 34.3 Å². The SMILES string of the molecule is CCOc1cccc(C=NNC(=O)CSc2nnc(-c3ccc(OC)cc3)n2-c2ccc(Cl)cc2)c1O. The number of aromatic nitrogens is 3. The molecule has 0 aliphatic rings. The molecular formula is C26H24ClN5O4S. The fourth-order valence-corrected chi connectivity index (χ4v) is 4.24. The number of halogens is 1. The first kappa shape index (κ1) is 26.1. The zero-order valence-corrected chi connectivity index (χ0v) is 21.7. The van der Waals surface area contributed by atoms with Crippen molar-refractivity contribution in [1.82, 2.24) is 20.2 Å². The number of nitrogens with zero attached hydrogens (tertiary/aromatic N) is 4. The summed E-state index contributed by atoms with van der Waals surface area (Å²) in [5.41, 5.74) is 4.52. The van der Waals surface area contributed by atoms with Crippen molar-refractivity contribution in [2.75, 3.05) is 19.5 Å². The summed E-state index contributed by atoms with van der Waals surface area (Å²) in [5, 5.41) is 24.0. The quantitative estimate of drug-likeness (QED) is 0.167. The van der Waals surface area contributed by atoms with Crippen LogP contribution < -0.4 is 14.9 Å². The van der Waals surface area contributed by atoms with E-state index in [-0.39, 0.29) is 17.4 Å². The largest absolute Gasteiger partial charge is 0.504 e. The predicted molar refractivity (Wildman–Crippen MR) is 144 cm³/mol. The molecule has 0 bridgehead atoms. The normalized spacial score (nSPS) is 11.0. The molecule has 1 heterocycles. The average molecular weight is 538 g/mol. The summed E-state index contributed by atoms with van der Waals surface area (Å²) in [6.45, 7) is 2.24. The minimum absolute atomic E-state index is 0.0383. The summed E-state index contributed by atoms with van der Waals surface area (Å²) in [6.07, 6.45) is 1.36. The number of hydrogen-bond acceptors (Lipinski definition) is 8. The average Bonchev–Trinajstić information content (AvgIpc) is 3.34. The summed E-state index contributed by atoms with van der Waals surface area (Å²) in [7, 11) is 1.61. The van der Waals surface area contributed by atoms with E-state index in [4.69, 9.17) is 21.1 Å². The number of benzene rings is 3. The van der Waals surface area contributed by atoms with Gasteiger partial charge in [0.05, 0.1) is 25.7 Å². The van der Waals surface area contributed by atoms with Crippen LogP contribution in [-0.2, 0) is 4.79 Å². The lowest BCUT2D eigenvalue weighted by Crippen LogP contribution is -2.20. The summed E-state index contributed by atoms with van der Waals surface area (Å²) in [6, 6.07) is 19.8. The van der Waals surface area contributed by atoms with E-state index >= 15 is 0 Å².